The Morgan fingerprint density at radius 3 is 2.17 bits per heavy atom. The molecule has 1 fully saturated rings. The molecule has 0 spiro atoms. The Balaban J connectivity index is 1.27. The van der Waals surface area contributed by atoms with E-state index in [1.54, 1.807) is 12.1 Å². The first kappa shape index (κ1) is 18.8. The van der Waals surface area contributed by atoms with Crippen LogP contribution in [-0.4, -0.2) is 31.8 Å². The van der Waals surface area contributed by atoms with E-state index in [2.05, 4.69) is 34.9 Å². The summed E-state index contributed by atoms with van der Waals surface area (Å²) in [6.45, 7) is 1.48. The molecule has 0 radical (unpaired) electrons. The van der Waals surface area contributed by atoms with Crippen LogP contribution in [0.15, 0.2) is 72.8 Å². The van der Waals surface area contributed by atoms with Crippen molar-refractivity contribution in [2.45, 2.75) is 17.9 Å². The van der Waals surface area contributed by atoms with Crippen LogP contribution in [0.3, 0.4) is 0 Å². The maximum absolute atomic E-state index is 14.2. The molecule has 5 heteroatoms. The molecule has 1 aliphatic carbocycles. The van der Waals surface area contributed by atoms with Crippen molar-refractivity contribution < 1.29 is 13.9 Å². The van der Waals surface area contributed by atoms with Crippen molar-refractivity contribution in [1.82, 2.24) is 10.6 Å². The second kappa shape index (κ2) is 7.92. The minimum atomic E-state index is -0.466. The zero-order valence-corrected chi connectivity index (χ0v) is 16.5. The summed E-state index contributed by atoms with van der Waals surface area (Å²) in [4.78, 5) is 12.6. The van der Waals surface area contributed by atoms with E-state index in [1.165, 1.54) is 28.3 Å². The average molecular weight is 402 g/mol. The fraction of sp³-hybridized carbons (Fsp3) is 0.240. The number of nitrogens with one attached hydrogen (secondary N) is 2. The minimum absolute atomic E-state index is 0.0206. The lowest BCUT2D eigenvalue weighted by Gasteiger charge is -2.21. The van der Waals surface area contributed by atoms with Gasteiger partial charge in [-0.2, -0.15) is 0 Å². The van der Waals surface area contributed by atoms with Gasteiger partial charge in [0, 0.05) is 24.9 Å². The topological polar surface area (TPSA) is 50.4 Å². The second-order valence-electron chi connectivity index (χ2n) is 7.86. The molecule has 0 aromatic heterocycles. The number of hydrogen-bond acceptors (Lipinski definition) is 3. The van der Waals surface area contributed by atoms with E-state index in [0.717, 1.165) is 0 Å². The Morgan fingerprint density at radius 2 is 1.50 bits per heavy atom. The molecule has 2 aliphatic rings. The van der Waals surface area contributed by atoms with Crippen LogP contribution >= 0.6 is 0 Å². The molecular weight excluding hydrogens is 379 g/mol. The maximum atomic E-state index is 14.2. The summed E-state index contributed by atoms with van der Waals surface area (Å²) in [5.41, 5.74) is 5.37. The molecule has 30 heavy (non-hydrogen) atoms. The Labute approximate surface area is 175 Å². The number of halogens is 1. The Hall–Kier alpha value is -3.18. The van der Waals surface area contributed by atoms with Crippen molar-refractivity contribution >= 4 is 6.09 Å². The van der Waals surface area contributed by atoms with Crippen molar-refractivity contribution in [2.24, 2.45) is 0 Å². The summed E-state index contributed by atoms with van der Waals surface area (Å²) in [5.74, 6) is -0.343. The van der Waals surface area contributed by atoms with Crippen LogP contribution in [0.25, 0.3) is 11.1 Å². The number of rotatable bonds is 4. The van der Waals surface area contributed by atoms with Gasteiger partial charge in [-0.25, -0.2) is 9.18 Å². The Bertz CT molecular complexity index is 1040. The average Bonchev–Trinajstić information content (AvgIpc) is 3.35. The zero-order chi connectivity index (χ0) is 20.5. The number of carbonyl (C=O) groups is 1. The Kier molecular flexibility index (Phi) is 4.97. The largest absolute Gasteiger partial charge is 0.449 e. The van der Waals surface area contributed by atoms with Gasteiger partial charge in [0.2, 0.25) is 0 Å². The predicted octanol–water partition coefficient (Wildman–Crippen LogP) is 4.42. The van der Waals surface area contributed by atoms with Crippen LogP contribution in [0, 0.1) is 5.82 Å². The molecule has 0 unspecified atom stereocenters. The normalized spacial score (nSPS) is 19.9. The second-order valence-corrected chi connectivity index (χ2v) is 7.86. The van der Waals surface area contributed by atoms with Gasteiger partial charge in [-0.05, 0) is 33.9 Å². The lowest BCUT2D eigenvalue weighted by molar-refractivity contribution is 0.139. The molecule has 5 rings (SSSR count). The molecule has 1 aliphatic heterocycles. The quantitative estimate of drug-likeness (QED) is 0.679. The fourth-order valence-electron chi connectivity index (χ4n) is 4.72. The van der Waals surface area contributed by atoms with E-state index >= 15 is 0 Å². The lowest BCUT2D eigenvalue weighted by Crippen LogP contribution is -2.40. The number of benzene rings is 3. The van der Waals surface area contributed by atoms with Crippen LogP contribution in [0.1, 0.15) is 28.5 Å². The molecule has 2 atom stereocenters. The van der Waals surface area contributed by atoms with Gasteiger partial charge in [-0.3, -0.25) is 0 Å². The summed E-state index contributed by atoms with van der Waals surface area (Å²) in [7, 11) is 0. The van der Waals surface area contributed by atoms with Gasteiger partial charge in [0.1, 0.15) is 12.4 Å². The molecular formula is C25H23FN2O2. The summed E-state index contributed by atoms with van der Waals surface area (Å²) in [5, 5.41) is 6.18. The number of carbonyl (C=O) groups excluding carboxylic acids is 1. The third-order valence-corrected chi connectivity index (χ3v) is 6.17. The first-order valence-electron chi connectivity index (χ1n) is 10.3. The standard InChI is InChI=1S/C25H23FN2O2/c26-23-12-6-5-11-20(23)21-13-27-14-24(21)28-25(29)30-15-22-18-9-3-1-7-16(18)17-8-2-4-10-19(17)22/h1-12,21-22,24,27H,13-15H2,(H,28,29)/t21-,24+/m1/s1. The van der Waals surface area contributed by atoms with E-state index in [-0.39, 0.29) is 30.3 Å². The van der Waals surface area contributed by atoms with Crippen LogP contribution in [-0.2, 0) is 4.74 Å². The number of fused-ring (bicyclic) bond motifs is 3. The van der Waals surface area contributed by atoms with Gasteiger partial charge >= 0.3 is 6.09 Å². The van der Waals surface area contributed by atoms with Gasteiger partial charge in [0.25, 0.3) is 0 Å². The maximum Gasteiger partial charge on any atom is 0.407 e. The Morgan fingerprint density at radius 1 is 0.900 bits per heavy atom. The molecule has 2 N–H and O–H groups in total. The number of amides is 1. The molecule has 1 heterocycles. The molecule has 1 amide bonds. The van der Waals surface area contributed by atoms with Gasteiger partial charge in [0.05, 0.1) is 6.04 Å². The SMILES string of the molecule is O=C(N[C@H]1CNC[C@@H]1c1ccccc1F)OCC1c2ccccc2-c2ccccc21. The molecule has 3 aromatic rings. The van der Waals surface area contributed by atoms with Crippen molar-refractivity contribution in [3.05, 3.63) is 95.3 Å². The van der Waals surface area contributed by atoms with Crippen LogP contribution < -0.4 is 10.6 Å². The van der Waals surface area contributed by atoms with Crippen molar-refractivity contribution in [2.75, 3.05) is 19.7 Å². The lowest BCUT2D eigenvalue weighted by atomic mass is 9.94. The third-order valence-electron chi connectivity index (χ3n) is 6.17. The molecule has 4 nitrogen and oxygen atoms in total. The molecule has 152 valence electrons. The first-order valence-corrected chi connectivity index (χ1v) is 10.3. The number of alkyl carbamates (subject to hydrolysis) is 1. The van der Waals surface area contributed by atoms with Gasteiger partial charge in [-0.15, -0.1) is 0 Å². The summed E-state index contributed by atoms with van der Waals surface area (Å²) >= 11 is 0. The summed E-state index contributed by atoms with van der Waals surface area (Å²) in [6.07, 6.45) is -0.466. The molecule has 0 bridgehead atoms. The number of hydrogen-bond donors (Lipinski definition) is 2. The molecule has 0 saturated carbocycles. The third kappa shape index (κ3) is 3.35. The highest BCUT2D eigenvalue weighted by atomic mass is 19.1. The van der Waals surface area contributed by atoms with E-state index < -0.39 is 6.09 Å². The van der Waals surface area contributed by atoms with Crippen LogP contribution in [0.5, 0.6) is 0 Å². The van der Waals surface area contributed by atoms with Crippen molar-refractivity contribution in [3.8, 4) is 11.1 Å². The van der Waals surface area contributed by atoms with Crippen LogP contribution in [0.2, 0.25) is 0 Å². The summed E-state index contributed by atoms with van der Waals surface area (Å²) in [6, 6.07) is 23.0. The van der Waals surface area contributed by atoms with E-state index in [1.807, 2.05) is 30.3 Å². The van der Waals surface area contributed by atoms with Crippen molar-refractivity contribution in [1.29, 1.82) is 0 Å². The zero-order valence-electron chi connectivity index (χ0n) is 16.5. The van der Waals surface area contributed by atoms with E-state index in [9.17, 15) is 9.18 Å². The smallest absolute Gasteiger partial charge is 0.407 e. The minimum Gasteiger partial charge on any atom is -0.449 e. The van der Waals surface area contributed by atoms with E-state index in [0.29, 0.717) is 18.7 Å². The fourth-order valence-corrected chi connectivity index (χ4v) is 4.72. The molecule has 1 saturated heterocycles. The molecule has 3 aromatic carbocycles. The monoisotopic (exact) mass is 402 g/mol. The first-order chi connectivity index (χ1) is 14.7. The van der Waals surface area contributed by atoms with Crippen LogP contribution in [0.4, 0.5) is 9.18 Å². The summed E-state index contributed by atoms with van der Waals surface area (Å²) < 4.78 is 19.9. The highest BCUT2D eigenvalue weighted by Crippen LogP contribution is 2.44. The highest BCUT2D eigenvalue weighted by Gasteiger charge is 2.33. The predicted molar refractivity (Wildman–Crippen MR) is 114 cm³/mol. The van der Waals surface area contributed by atoms with Gasteiger partial charge in [-0.1, -0.05) is 66.7 Å². The highest BCUT2D eigenvalue weighted by molar-refractivity contribution is 5.79. The van der Waals surface area contributed by atoms with Crippen molar-refractivity contribution in [3.63, 3.8) is 0 Å². The van der Waals surface area contributed by atoms with Gasteiger partial charge in [0.15, 0.2) is 0 Å². The van der Waals surface area contributed by atoms with Gasteiger partial charge < -0.3 is 15.4 Å². The number of ether oxygens (including phenoxy) is 1. The van der Waals surface area contributed by atoms with E-state index in [4.69, 9.17) is 4.74 Å².